The van der Waals surface area contributed by atoms with Crippen molar-refractivity contribution >= 4 is 34.3 Å². The molecule has 1 nitrogen and oxygen atoms in total. The molecule has 1 unspecified atom stereocenters. The molecular formula is C14H18ClNS2. The van der Waals surface area contributed by atoms with Crippen LogP contribution >= 0.6 is 34.3 Å². The molecule has 0 amide bonds. The van der Waals surface area contributed by atoms with Crippen LogP contribution in [0.3, 0.4) is 0 Å². The molecule has 0 radical (unpaired) electrons. The maximum atomic E-state index is 6.00. The van der Waals surface area contributed by atoms with Gasteiger partial charge in [0.2, 0.25) is 0 Å². The molecule has 18 heavy (non-hydrogen) atoms. The van der Waals surface area contributed by atoms with Gasteiger partial charge in [-0.15, -0.1) is 22.7 Å². The summed E-state index contributed by atoms with van der Waals surface area (Å²) in [6.45, 7) is 5.42. The zero-order valence-corrected chi connectivity index (χ0v) is 13.1. The lowest BCUT2D eigenvalue weighted by atomic mass is 10.1. The summed E-state index contributed by atoms with van der Waals surface area (Å²) in [5.41, 5.74) is 0. The van der Waals surface area contributed by atoms with Crippen LogP contribution in [0, 0.1) is 6.92 Å². The van der Waals surface area contributed by atoms with Crippen LogP contribution in [-0.2, 0) is 6.42 Å². The number of halogens is 1. The molecule has 98 valence electrons. The maximum Gasteiger partial charge on any atom is 0.0931 e. The van der Waals surface area contributed by atoms with Gasteiger partial charge in [0, 0.05) is 27.1 Å². The van der Waals surface area contributed by atoms with Gasteiger partial charge in [0.15, 0.2) is 0 Å². The molecule has 1 atom stereocenters. The van der Waals surface area contributed by atoms with E-state index in [0.29, 0.717) is 6.04 Å². The highest BCUT2D eigenvalue weighted by atomic mass is 35.5. The van der Waals surface area contributed by atoms with Crippen LogP contribution in [0.2, 0.25) is 4.34 Å². The minimum absolute atomic E-state index is 0.415. The van der Waals surface area contributed by atoms with Crippen LogP contribution in [-0.4, -0.2) is 6.54 Å². The van der Waals surface area contributed by atoms with Crippen molar-refractivity contribution in [2.45, 2.75) is 32.7 Å². The summed E-state index contributed by atoms with van der Waals surface area (Å²) in [6.07, 6.45) is 2.18. The van der Waals surface area contributed by atoms with Gasteiger partial charge in [-0.25, -0.2) is 0 Å². The average molecular weight is 300 g/mol. The molecule has 0 fully saturated rings. The summed E-state index contributed by atoms with van der Waals surface area (Å²) >= 11 is 9.56. The first-order valence-electron chi connectivity index (χ1n) is 6.23. The van der Waals surface area contributed by atoms with Gasteiger partial charge in [-0.1, -0.05) is 18.5 Å². The van der Waals surface area contributed by atoms with Gasteiger partial charge in [-0.3, -0.25) is 0 Å². The van der Waals surface area contributed by atoms with E-state index in [1.165, 1.54) is 14.6 Å². The lowest BCUT2D eigenvalue weighted by Gasteiger charge is -2.16. The fourth-order valence-electron chi connectivity index (χ4n) is 1.90. The van der Waals surface area contributed by atoms with E-state index >= 15 is 0 Å². The predicted molar refractivity (Wildman–Crippen MR) is 83.1 cm³/mol. The molecule has 0 aliphatic heterocycles. The smallest absolute Gasteiger partial charge is 0.0931 e. The minimum Gasteiger partial charge on any atom is -0.309 e. The SMILES string of the molecule is CCCNC(Cc1ccc(Cl)s1)c1ccc(C)s1. The normalized spacial score (nSPS) is 12.8. The Bertz CT molecular complexity index is 489. The Morgan fingerprint density at radius 1 is 1.22 bits per heavy atom. The van der Waals surface area contributed by atoms with Crippen LogP contribution in [0.15, 0.2) is 24.3 Å². The molecule has 0 spiro atoms. The summed E-state index contributed by atoms with van der Waals surface area (Å²) in [6, 6.07) is 8.97. The molecule has 2 rings (SSSR count). The summed E-state index contributed by atoms with van der Waals surface area (Å²) in [5.74, 6) is 0. The zero-order valence-electron chi connectivity index (χ0n) is 10.7. The van der Waals surface area contributed by atoms with Crippen molar-refractivity contribution in [3.8, 4) is 0 Å². The molecule has 2 aromatic heterocycles. The second-order valence-corrected chi connectivity index (χ2v) is 7.48. The number of thiophene rings is 2. The molecule has 2 heterocycles. The van der Waals surface area contributed by atoms with Crippen molar-refractivity contribution < 1.29 is 0 Å². The zero-order chi connectivity index (χ0) is 13.0. The second-order valence-electron chi connectivity index (χ2n) is 4.37. The molecule has 0 aromatic carbocycles. The Labute approximate surface area is 122 Å². The van der Waals surface area contributed by atoms with Crippen molar-refractivity contribution in [1.29, 1.82) is 0 Å². The van der Waals surface area contributed by atoms with Gasteiger partial charge in [-0.05, 0) is 44.2 Å². The Balaban J connectivity index is 2.09. The Hall–Kier alpha value is -0.350. The fourth-order valence-corrected chi connectivity index (χ4v) is 3.98. The predicted octanol–water partition coefficient (Wildman–Crippen LogP) is 5.05. The molecule has 0 bridgehead atoms. The van der Waals surface area contributed by atoms with Crippen LogP contribution in [0.4, 0.5) is 0 Å². The summed E-state index contributed by atoms with van der Waals surface area (Å²) < 4.78 is 0.876. The minimum atomic E-state index is 0.415. The molecule has 0 saturated carbocycles. The second kappa shape index (κ2) is 6.71. The standard InChI is InChI=1S/C14H18ClNS2/c1-3-8-16-12(13-6-4-10(2)17-13)9-11-5-7-14(15)18-11/h4-7,12,16H,3,8-9H2,1-2H3. The molecule has 4 heteroatoms. The lowest BCUT2D eigenvalue weighted by Crippen LogP contribution is -2.22. The van der Waals surface area contributed by atoms with Gasteiger partial charge in [-0.2, -0.15) is 0 Å². The number of hydrogen-bond donors (Lipinski definition) is 1. The third-order valence-corrected chi connectivity index (χ3v) is 5.15. The van der Waals surface area contributed by atoms with Crippen molar-refractivity contribution in [3.63, 3.8) is 0 Å². The van der Waals surface area contributed by atoms with Gasteiger partial charge >= 0.3 is 0 Å². The molecule has 2 aromatic rings. The molecule has 1 N–H and O–H groups in total. The van der Waals surface area contributed by atoms with Crippen LogP contribution in [0.1, 0.15) is 34.0 Å². The Morgan fingerprint density at radius 3 is 2.61 bits per heavy atom. The molecular weight excluding hydrogens is 282 g/mol. The third-order valence-electron chi connectivity index (χ3n) is 2.78. The van der Waals surface area contributed by atoms with E-state index in [9.17, 15) is 0 Å². The number of aryl methyl sites for hydroxylation is 1. The summed E-state index contributed by atoms with van der Waals surface area (Å²) in [7, 11) is 0. The molecule has 0 saturated heterocycles. The van der Waals surface area contributed by atoms with Gasteiger partial charge in [0.05, 0.1) is 4.34 Å². The highest BCUT2D eigenvalue weighted by molar-refractivity contribution is 7.16. The van der Waals surface area contributed by atoms with Crippen molar-refractivity contribution in [2.75, 3.05) is 6.54 Å². The monoisotopic (exact) mass is 299 g/mol. The number of rotatable bonds is 6. The largest absolute Gasteiger partial charge is 0.309 e. The lowest BCUT2D eigenvalue weighted by molar-refractivity contribution is 0.539. The third kappa shape index (κ3) is 3.82. The fraction of sp³-hybridized carbons (Fsp3) is 0.429. The van der Waals surface area contributed by atoms with Crippen molar-refractivity contribution in [1.82, 2.24) is 5.32 Å². The number of nitrogens with one attached hydrogen (secondary N) is 1. The van der Waals surface area contributed by atoms with Crippen molar-refractivity contribution in [3.05, 3.63) is 43.2 Å². The van der Waals surface area contributed by atoms with E-state index in [1.54, 1.807) is 11.3 Å². The Kier molecular flexibility index (Phi) is 5.25. The summed E-state index contributed by atoms with van der Waals surface area (Å²) in [4.78, 5) is 4.14. The highest BCUT2D eigenvalue weighted by Gasteiger charge is 2.14. The molecule has 0 aliphatic carbocycles. The quantitative estimate of drug-likeness (QED) is 0.786. The van der Waals surface area contributed by atoms with Gasteiger partial charge < -0.3 is 5.32 Å². The van der Waals surface area contributed by atoms with E-state index < -0.39 is 0 Å². The summed E-state index contributed by atoms with van der Waals surface area (Å²) in [5, 5.41) is 3.63. The first-order chi connectivity index (χ1) is 8.69. The first-order valence-corrected chi connectivity index (χ1v) is 8.24. The van der Waals surface area contributed by atoms with Crippen LogP contribution in [0.25, 0.3) is 0 Å². The van der Waals surface area contributed by atoms with Crippen LogP contribution in [0.5, 0.6) is 0 Å². The van der Waals surface area contributed by atoms with Gasteiger partial charge in [0.1, 0.15) is 0 Å². The maximum absolute atomic E-state index is 6.00. The number of hydrogen-bond acceptors (Lipinski definition) is 3. The van der Waals surface area contributed by atoms with E-state index in [0.717, 1.165) is 23.7 Å². The highest BCUT2D eigenvalue weighted by Crippen LogP contribution is 2.29. The topological polar surface area (TPSA) is 12.0 Å². The van der Waals surface area contributed by atoms with E-state index in [2.05, 4.69) is 37.4 Å². The van der Waals surface area contributed by atoms with Crippen LogP contribution < -0.4 is 5.32 Å². The Morgan fingerprint density at radius 2 is 2.06 bits per heavy atom. The van der Waals surface area contributed by atoms with Gasteiger partial charge in [0.25, 0.3) is 0 Å². The first kappa shape index (κ1) is 14.1. The van der Waals surface area contributed by atoms with Crippen molar-refractivity contribution in [2.24, 2.45) is 0 Å². The van der Waals surface area contributed by atoms with E-state index in [1.807, 2.05) is 17.4 Å². The van der Waals surface area contributed by atoms with E-state index in [4.69, 9.17) is 11.6 Å². The van der Waals surface area contributed by atoms with E-state index in [-0.39, 0.29) is 0 Å². The average Bonchev–Trinajstić information content (AvgIpc) is 2.93. The molecule has 0 aliphatic rings.